The van der Waals surface area contributed by atoms with E-state index in [-0.39, 0.29) is 6.61 Å². The van der Waals surface area contributed by atoms with Gasteiger partial charge in [-0.2, -0.15) is 0 Å². The first-order valence-electron chi connectivity index (χ1n) is 7.42. The molecule has 1 N–H and O–H groups in total. The molecule has 6 heteroatoms. The van der Waals surface area contributed by atoms with Gasteiger partial charge in [-0.05, 0) is 53.0 Å². The quantitative estimate of drug-likeness (QED) is 0.569. The molecule has 0 aliphatic heterocycles. The lowest BCUT2D eigenvalue weighted by molar-refractivity contribution is 0.281. The monoisotopic (exact) mass is 408 g/mol. The van der Waals surface area contributed by atoms with Crippen LogP contribution in [0.25, 0.3) is 10.6 Å². The van der Waals surface area contributed by atoms with Gasteiger partial charge in [-0.25, -0.2) is 4.99 Å². The summed E-state index contributed by atoms with van der Waals surface area (Å²) in [7, 11) is 0. The molecule has 0 fully saturated rings. The van der Waals surface area contributed by atoms with Crippen LogP contribution in [-0.2, 0) is 6.54 Å². The maximum absolute atomic E-state index is 9.05. The van der Waals surface area contributed by atoms with Crippen LogP contribution >= 0.6 is 38.6 Å². The normalized spacial score (nSPS) is 12.0. The lowest BCUT2D eigenvalue weighted by Gasteiger charge is -2.07. The molecule has 2 aromatic heterocycles. The minimum atomic E-state index is 0.232. The molecule has 1 aromatic carbocycles. The Hall–Kier alpha value is -1.21. The minimum absolute atomic E-state index is 0.232. The standard InChI is InChI=1S/C17H17BrN2OS2/c18-16-9-8-15(23-16)14-12-22-17(20(14)10-4-5-11-21)19-13-6-2-1-3-7-13/h1-3,6-9,12,21H,4-5,10-11H2. The molecule has 0 saturated carbocycles. The van der Waals surface area contributed by atoms with Crippen molar-refractivity contribution in [2.45, 2.75) is 19.4 Å². The highest BCUT2D eigenvalue weighted by molar-refractivity contribution is 9.11. The average molecular weight is 409 g/mol. The Balaban J connectivity index is 2.02. The number of thiophene rings is 1. The summed E-state index contributed by atoms with van der Waals surface area (Å²) in [6, 6.07) is 14.2. The van der Waals surface area contributed by atoms with Gasteiger partial charge in [0.05, 0.1) is 20.0 Å². The number of aromatic nitrogens is 1. The molecule has 2 heterocycles. The van der Waals surface area contributed by atoms with Gasteiger partial charge in [0.25, 0.3) is 0 Å². The van der Waals surface area contributed by atoms with Crippen molar-refractivity contribution in [2.75, 3.05) is 6.61 Å². The molecule has 0 amide bonds. The molecule has 3 aromatic rings. The maximum Gasteiger partial charge on any atom is 0.190 e. The summed E-state index contributed by atoms with van der Waals surface area (Å²) in [6.07, 6.45) is 1.75. The van der Waals surface area contributed by atoms with Crippen LogP contribution in [0, 0.1) is 0 Å². The van der Waals surface area contributed by atoms with E-state index < -0.39 is 0 Å². The Bertz CT molecular complexity index is 820. The fraction of sp³-hybridized carbons (Fsp3) is 0.235. The molecule has 0 unspecified atom stereocenters. The van der Waals surface area contributed by atoms with E-state index in [4.69, 9.17) is 10.1 Å². The van der Waals surface area contributed by atoms with Gasteiger partial charge < -0.3 is 9.67 Å². The van der Waals surface area contributed by atoms with E-state index >= 15 is 0 Å². The van der Waals surface area contributed by atoms with Gasteiger partial charge in [0.1, 0.15) is 0 Å². The number of unbranched alkanes of at least 4 members (excludes halogenated alkanes) is 1. The van der Waals surface area contributed by atoms with Crippen molar-refractivity contribution in [3.05, 3.63) is 56.4 Å². The number of hydrogen-bond donors (Lipinski definition) is 1. The molecule has 0 saturated heterocycles. The third-order valence-corrected chi connectivity index (χ3v) is 5.90. The number of nitrogens with zero attached hydrogens (tertiary/aromatic N) is 2. The second-order valence-corrected chi connectivity index (χ2v) is 8.34. The van der Waals surface area contributed by atoms with Crippen molar-refractivity contribution >= 4 is 44.3 Å². The topological polar surface area (TPSA) is 37.5 Å². The first-order valence-corrected chi connectivity index (χ1v) is 9.91. The van der Waals surface area contributed by atoms with Crippen molar-refractivity contribution < 1.29 is 5.11 Å². The van der Waals surface area contributed by atoms with E-state index in [1.165, 1.54) is 10.6 Å². The summed E-state index contributed by atoms with van der Waals surface area (Å²) in [5.74, 6) is 0. The predicted molar refractivity (Wildman–Crippen MR) is 101 cm³/mol. The van der Waals surface area contributed by atoms with Crippen LogP contribution in [0.2, 0.25) is 0 Å². The minimum Gasteiger partial charge on any atom is -0.396 e. The fourth-order valence-corrected chi connectivity index (χ4v) is 4.71. The summed E-state index contributed by atoms with van der Waals surface area (Å²) >= 11 is 6.92. The SMILES string of the molecule is OCCCCn1c(-c2ccc(Br)s2)csc1=Nc1ccccc1. The fourth-order valence-electron chi connectivity index (χ4n) is 2.28. The summed E-state index contributed by atoms with van der Waals surface area (Å²) in [6.45, 7) is 1.09. The number of aliphatic hydroxyl groups excluding tert-OH is 1. The molecular formula is C17H17BrN2OS2. The second kappa shape index (κ2) is 8.06. The van der Waals surface area contributed by atoms with Crippen molar-refractivity contribution in [3.63, 3.8) is 0 Å². The van der Waals surface area contributed by atoms with Gasteiger partial charge >= 0.3 is 0 Å². The number of thiazole rings is 1. The highest BCUT2D eigenvalue weighted by Crippen LogP contribution is 2.31. The number of hydrogen-bond acceptors (Lipinski definition) is 4. The molecule has 0 radical (unpaired) electrons. The Morgan fingerprint density at radius 1 is 1.09 bits per heavy atom. The van der Waals surface area contributed by atoms with Gasteiger partial charge in [-0.1, -0.05) is 18.2 Å². The highest BCUT2D eigenvalue weighted by atomic mass is 79.9. The number of aliphatic hydroxyl groups is 1. The van der Waals surface area contributed by atoms with E-state index in [1.54, 1.807) is 22.7 Å². The van der Waals surface area contributed by atoms with Gasteiger partial charge in [0, 0.05) is 18.5 Å². The van der Waals surface area contributed by atoms with E-state index in [1.807, 2.05) is 30.3 Å². The van der Waals surface area contributed by atoms with Crippen LogP contribution in [0.4, 0.5) is 5.69 Å². The highest BCUT2D eigenvalue weighted by Gasteiger charge is 2.10. The van der Waals surface area contributed by atoms with Crippen molar-refractivity contribution in [3.8, 4) is 10.6 Å². The Kier molecular flexibility index (Phi) is 5.83. The summed E-state index contributed by atoms with van der Waals surface area (Å²) < 4.78 is 3.38. The Morgan fingerprint density at radius 2 is 1.91 bits per heavy atom. The van der Waals surface area contributed by atoms with Crippen LogP contribution < -0.4 is 4.80 Å². The molecule has 0 aliphatic rings. The second-order valence-electron chi connectivity index (χ2n) is 5.04. The lowest BCUT2D eigenvalue weighted by Crippen LogP contribution is -2.16. The lowest BCUT2D eigenvalue weighted by atomic mass is 10.3. The molecule has 3 nitrogen and oxygen atoms in total. The molecule has 120 valence electrons. The van der Waals surface area contributed by atoms with E-state index in [0.717, 1.165) is 33.7 Å². The van der Waals surface area contributed by atoms with E-state index in [0.29, 0.717) is 0 Å². The van der Waals surface area contributed by atoms with Crippen molar-refractivity contribution in [1.29, 1.82) is 0 Å². The molecule has 0 atom stereocenters. The molecule has 0 bridgehead atoms. The van der Waals surface area contributed by atoms with Gasteiger partial charge in [0.2, 0.25) is 0 Å². The number of rotatable bonds is 6. The third kappa shape index (κ3) is 4.20. The third-order valence-electron chi connectivity index (χ3n) is 3.39. The van der Waals surface area contributed by atoms with Crippen LogP contribution in [0.5, 0.6) is 0 Å². The maximum atomic E-state index is 9.05. The zero-order chi connectivity index (χ0) is 16.1. The first-order chi connectivity index (χ1) is 11.3. The molecule has 3 rings (SSSR count). The number of para-hydroxylation sites is 1. The van der Waals surface area contributed by atoms with Crippen LogP contribution in [0.15, 0.2) is 56.6 Å². The number of halogens is 1. The van der Waals surface area contributed by atoms with Gasteiger partial charge in [-0.15, -0.1) is 22.7 Å². The van der Waals surface area contributed by atoms with Crippen molar-refractivity contribution in [2.24, 2.45) is 4.99 Å². The smallest absolute Gasteiger partial charge is 0.190 e. The first kappa shape index (κ1) is 16.6. The van der Waals surface area contributed by atoms with Crippen LogP contribution in [0.1, 0.15) is 12.8 Å². The van der Waals surface area contributed by atoms with E-state index in [9.17, 15) is 0 Å². The zero-order valence-electron chi connectivity index (χ0n) is 12.5. The number of benzene rings is 1. The molecular weight excluding hydrogens is 392 g/mol. The Labute approximate surface area is 151 Å². The largest absolute Gasteiger partial charge is 0.396 e. The van der Waals surface area contributed by atoms with Crippen LogP contribution in [0.3, 0.4) is 0 Å². The Morgan fingerprint density at radius 3 is 2.61 bits per heavy atom. The van der Waals surface area contributed by atoms with Gasteiger partial charge in [-0.3, -0.25) is 0 Å². The molecule has 0 aliphatic carbocycles. The summed E-state index contributed by atoms with van der Waals surface area (Å²) in [5.41, 5.74) is 2.16. The summed E-state index contributed by atoms with van der Waals surface area (Å²) in [5, 5.41) is 11.2. The molecule has 23 heavy (non-hydrogen) atoms. The predicted octanol–water partition coefficient (Wildman–Crippen LogP) is 5.05. The van der Waals surface area contributed by atoms with Crippen LogP contribution in [-0.4, -0.2) is 16.3 Å². The van der Waals surface area contributed by atoms with E-state index in [2.05, 4.69) is 38.0 Å². The molecule has 0 spiro atoms. The zero-order valence-corrected chi connectivity index (χ0v) is 15.7. The van der Waals surface area contributed by atoms with Crippen molar-refractivity contribution in [1.82, 2.24) is 4.57 Å². The average Bonchev–Trinajstić information content (AvgIpc) is 3.15. The van der Waals surface area contributed by atoms with Gasteiger partial charge in [0.15, 0.2) is 4.80 Å². The summed E-state index contributed by atoms with van der Waals surface area (Å²) in [4.78, 5) is 7.01.